The number of nitrogens with two attached hydrogens (primary N) is 1. The third-order valence-electron chi connectivity index (χ3n) is 4.42. The van der Waals surface area contributed by atoms with Gasteiger partial charge in [0, 0.05) is 25.9 Å². The lowest BCUT2D eigenvalue weighted by Gasteiger charge is -2.31. The summed E-state index contributed by atoms with van der Waals surface area (Å²) in [6, 6.07) is 0. The van der Waals surface area contributed by atoms with Crippen LogP contribution in [0.25, 0.3) is 0 Å². The molecule has 1 aliphatic carbocycles. The second-order valence-corrected chi connectivity index (χ2v) is 5.98. The highest BCUT2D eigenvalue weighted by Gasteiger charge is 2.42. The molecule has 1 atom stereocenters. The number of nitrogens with zero attached hydrogens (tertiary/aromatic N) is 1. The van der Waals surface area contributed by atoms with Crippen LogP contribution in [-0.2, 0) is 14.2 Å². The van der Waals surface area contributed by atoms with Crippen molar-refractivity contribution in [3.63, 3.8) is 0 Å². The van der Waals surface area contributed by atoms with Crippen molar-refractivity contribution >= 4 is 5.96 Å². The third-order valence-corrected chi connectivity index (χ3v) is 4.42. The number of hydrogen-bond donors (Lipinski definition) is 2. The lowest BCUT2D eigenvalue weighted by atomic mass is 9.86. The fourth-order valence-corrected chi connectivity index (χ4v) is 2.84. The molecular weight excluding hydrogens is 258 g/mol. The topological polar surface area (TPSA) is 78.1 Å². The quantitative estimate of drug-likeness (QED) is 0.584. The normalized spacial score (nSPS) is 30.4. The van der Waals surface area contributed by atoms with Gasteiger partial charge in [-0.25, -0.2) is 0 Å². The van der Waals surface area contributed by atoms with Crippen LogP contribution in [0.2, 0.25) is 0 Å². The standard InChI is InChI=1S/C14H25N3O3/c15-13(16-8-11-2-1-3-11)17-9-12-10-19-14(20-12)4-6-18-7-5-14/h11-12H,1-10H2,(H3,15,16,17). The van der Waals surface area contributed by atoms with E-state index in [0.29, 0.717) is 32.3 Å². The summed E-state index contributed by atoms with van der Waals surface area (Å²) in [5.74, 6) is 0.850. The average molecular weight is 283 g/mol. The number of ether oxygens (including phenoxy) is 3. The van der Waals surface area contributed by atoms with Gasteiger partial charge in [-0.2, -0.15) is 0 Å². The van der Waals surface area contributed by atoms with Gasteiger partial charge in [0.25, 0.3) is 0 Å². The zero-order valence-corrected chi connectivity index (χ0v) is 12.0. The van der Waals surface area contributed by atoms with Gasteiger partial charge in [-0.15, -0.1) is 0 Å². The van der Waals surface area contributed by atoms with Gasteiger partial charge in [0.05, 0.1) is 19.8 Å². The van der Waals surface area contributed by atoms with Crippen molar-refractivity contribution in [1.29, 1.82) is 0 Å². The Morgan fingerprint density at radius 3 is 2.80 bits per heavy atom. The minimum Gasteiger partial charge on any atom is -0.381 e. The van der Waals surface area contributed by atoms with Crippen molar-refractivity contribution < 1.29 is 14.2 Å². The monoisotopic (exact) mass is 283 g/mol. The molecule has 3 fully saturated rings. The number of rotatable bonds is 4. The summed E-state index contributed by atoms with van der Waals surface area (Å²) in [4.78, 5) is 4.38. The van der Waals surface area contributed by atoms with E-state index in [0.717, 1.165) is 25.3 Å². The summed E-state index contributed by atoms with van der Waals surface area (Å²) < 4.78 is 17.2. The first kappa shape index (κ1) is 14.1. The molecule has 114 valence electrons. The number of nitrogens with one attached hydrogen (secondary N) is 1. The predicted molar refractivity (Wildman–Crippen MR) is 75.4 cm³/mol. The largest absolute Gasteiger partial charge is 0.381 e. The Labute approximate surface area is 120 Å². The summed E-state index contributed by atoms with van der Waals surface area (Å²) in [6.07, 6.45) is 5.60. The molecule has 3 N–H and O–H groups in total. The Hall–Kier alpha value is -0.850. The molecule has 0 aromatic rings. The summed E-state index contributed by atoms with van der Waals surface area (Å²) in [5, 5.41) is 3.14. The average Bonchev–Trinajstić information content (AvgIpc) is 2.78. The van der Waals surface area contributed by atoms with E-state index in [2.05, 4.69) is 10.3 Å². The van der Waals surface area contributed by atoms with E-state index in [1.807, 2.05) is 0 Å². The van der Waals surface area contributed by atoms with Crippen molar-refractivity contribution in [2.45, 2.75) is 44.0 Å². The second kappa shape index (κ2) is 6.28. The Morgan fingerprint density at radius 2 is 2.10 bits per heavy atom. The van der Waals surface area contributed by atoms with Gasteiger partial charge < -0.3 is 25.3 Å². The maximum Gasteiger partial charge on any atom is 0.188 e. The molecule has 0 amide bonds. The molecule has 0 bridgehead atoms. The first-order valence-corrected chi connectivity index (χ1v) is 7.69. The maximum absolute atomic E-state index is 6.02. The van der Waals surface area contributed by atoms with Crippen LogP contribution >= 0.6 is 0 Å². The molecule has 0 aromatic carbocycles. The Bertz CT molecular complexity index is 352. The first-order valence-electron chi connectivity index (χ1n) is 7.69. The van der Waals surface area contributed by atoms with Crippen molar-refractivity contribution in [2.75, 3.05) is 32.9 Å². The van der Waals surface area contributed by atoms with Crippen LogP contribution in [0.5, 0.6) is 0 Å². The van der Waals surface area contributed by atoms with Gasteiger partial charge in [0.1, 0.15) is 6.10 Å². The van der Waals surface area contributed by atoms with Crippen LogP contribution in [0.3, 0.4) is 0 Å². The van der Waals surface area contributed by atoms with Crippen molar-refractivity contribution in [1.82, 2.24) is 5.32 Å². The van der Waals surface area contributed by atoms with E-state index in [9.17, 15) is 0 Å². The fourth-order valence-electron chi connectivity index (χ4n) is 2.84. The molecule has 2 aliphatic heterocycles. The number of aliphatic imine (C=N–C) groups is 1. The highest BCUT2D eigenvalue weighted by Crippen LogP contribution is 2.32. The molecule has 2 saturated heterocycles. The fraction of sp³-hybridized carbons (Fsp3) is 0.929. The van der Waals surface area contributed by atoms with E-state index in [1.165, 1.54) is 19.3 Å². The van der Waals surface area contributed by atoms with E-state index >= 15 is 0 Å². The van der Waals surface area contributed by atoms with Crippen LogP contribution in [0.1, 0.15) is 32.1 Å². The zero-order chi connectivity index (χ0) is 13.8. The molecule has 0 aromatic heterocycles. The highest BCUT2D eigenvalue weighted by atomic mass is 16.7. The Balaban J connectivity index is 1.38. The van der Waals surface area contributed by atoms with Crippen LogP contribution in [0, 0.1) is 5.92 Å². The number of guanidine groups is 1. The number of hydrogen-bond acceptors (Lipinski definition) is 4. The molecule has 3 aliphatic rings. The first-order chi connectivity index (χ1) is 9.76. The van der Waals surface area contributed by atoms with E-state index in [4.69, 9.17) is 19.9 Å². The van der Waals surface area contributed by atoms with Crippen LogP contribution in [0.15, 0.2) is 4.99 Å². The van der Waals surface area contributed by atoms with Crippen molar-refractivity contribution in [3.05, 3.63) is 0 Å². The van der Waals surface area contributed by atoms with Gasteiger partial charge in [0.15, 0.2) is 11.7 Å². The molecule has 6 heteroatoms. The zero-order valence-electron chi connectivity index (χ0n) is 12.0. The summed E-state index contributed by atoms with van der Waals surface area (Å²) in [6.45, 7) is 3.55. The molecule has 1 saturated carbocycles. The van der Waals surface area contributed by atoms with E-state index < -0.39 is 5.79 Å². The Morgan fingerprint density at radius 1 is 1.30 bits per heavy atom. The lowest BCUT2D eigenvalue weighted by molar-refractivity contribution is -0.210. The van der Waals surface area contributed by atoms with Gasteiger partial charge in [-0.1, -0.05) is 6.42 Å². The van der Waals surface area contributed by atoms with Gasteiger partial charge in [0.2, 0.25) is 0 Å². The highest BCUT2D eigenvalue weighted by molar-refractivity contribution is 5.77. The lowest BCUT2D eigenvalue weighted by Crippen LogP contribution is -2.41. The molecule has 20 heavy (non-hydrogen) atoms. The minimum absolute atomic E-state index is 0.0468. The smallest absolute Gasteiger partial charge is 0.188 e. The predicted octanol–water partition coefficient (Wildman–Crippen LogP) is 0.613. The van der Waals surface area contributed by atoms with E-state index in [-0.39, 0.29) is 6.10 Å². The van der Waals surface area contributed by atoms with Gasteiger partial charge in [-0.3, -0.25) is 4.99 Å². The van der Waals surface area contributed by atoms with Gasteiger partial charge >= 0.3 is 0 Å². The van der Waals surface area contributed by atoms with E-state index in [1.54, 1.807) is 0 Å². The molecular formula is C14H25N3O3. The van der Waals surface area contributed by atoms with Crippen LogP contribution in [-0.4, -0.2) is 50.8 Å². The van der Waals surface area contributed by atoms with Crippen molar-refractivity contribution in [2.24, 2.45) is 16.6 Å². The third kappa shape index (κ3) is 3.42. The molecule has 1 unspecified atom stereocenters. The molecule has 1 spiro atoms. The van der Waals surface area contributed by atoms with Crippen LogP contribution in [0.4, 0.5) is 0 Å². The summed E-state index contributed by atoms with van der Waals surface area (Å²) >= 11 is 0. The van der Waals surface area contributed by atoms with Crippen molar-refractivity contribution in [3.8, 4) is 0 Å². The van der Waals surface area contributed by atoms with Gasteiger partial charge in [-0.05, 0) is 18.8 Å². The maximum atomic E-state index is 6.02. The second-order valence-electron chi connectivity index (χ2n) is 5.98. The Kier molecular flexibility index (Phi) is 4.43. The SMILES string of the molecule is NC(=NCC1CCC1)NCC1COC2(CCOCC2)O1. The molecule has 2 heterocycles. The molecule has 3 rings (SSSR count). The summed E-state index contributed by atoms with van der Waals surface area (Å²) in [7, 11) is 0. The minimum atomic E-state index is -0.414. The summed E-state index contributed by atoms with van der Waals surface area (Å²) in [5.41, 5.74) is 5.87. The molecule has 0 radical (unpaired) electrons. The molecule has 6 nitrogen and oxygen atoms in total. The van der Waals surface area contributed by atoms with Crippen LogP contribution < -0.4 is 11.1 Å².